The summed E-state index contributed by atoms with van der Waals surface area (Å²) in [6.07, 6.45) is -1.13. The Morgan fingerprint density at radius 2 is 1.50 bits per heavy atom. The van der Waals surface area contributed by atoms with E-state index in [4.69, 9.17) is 9.47 Å². The Morgan fingerprint density at radius 1 is 0.800 bits per heavy atom. The van der Waals surface area contributed by atoms with Crippen molar-refractivity contribution < 1.29 is 32.1 Å². The average Bonchev–Trinajstić information content (AvgIpc) is 2.73. The van der Waals surface area contributed by atoms with Crippen LogP contribution in [0.3, 0.4) is 0 Å². The molecule has 7 heteroatoms. The van der Waals surface area contributed by atoms with Gasteiger partial charge in [0.05, 0.1) is 12.7 Å². The van der Waals surface area contributed by atoms with E-state index in [-0.39, 0.29) is 35.7 Å². The maximum absolute atomic E-state index is 14.3. The third-order valence-electron chi connectivity index (χ3n) is 4.55. The molecule has 158 valence electrons. The Bertz CT molecular complexity index is 1030. The van der Waals surface area contributed by atoms with Crippen molar-refractivity contribution in [3.63, 3.8) is 0 Å². The van der Waals surface area contributed by atoms with Crippen LogP contribution in [0.1, 0.15) is 31.1 Å². The summed E-state index contributed by atoms with van der Waals surface area (Å²) in [5, 5.41) is 9.43. The monoisotopic (exact) mass is 420 g/mol. The highest BCUT2D eigenvalue weighted by Crippen LogP contribution is 2.31. The van der Waals surface area contributed by atoms with Crippen molar-refractivity contribution in [3.8, 4) is 22.6 Å². The zero-order chi connectivity index (χ0) is 21.8. The Labute approximate surface area is 171 Å². The Balaban J connectivity index is 1.75. The van der Waals surface area contributed by atoms with Gasteiger partial charge >= 0.3 is 0 Å². The van der Waals surface area contributed by atoms with Crippen LogP contribution in [0.25, 0.3) is 11.1 Å². The number of hydrogen-bond donors (Lipinski definition) is 1. The Hall–Kier alpha value is -3.06. The van der Waals surface area contributed by atoms with E-state index in [1.807, 2.05) is 0 Å². The van der Waals surface area contributed by atoms with Gasteiger partial charge in [0.2, 0.25) is 5.82 Å². The first-order valence-corrected chi connectivity index (χ1v) is 9.32. The van der Waals surface area contributed by atoms with Crippen molar-refractivity contribution in [2.24, 2.45) is 0 Å². The van der Waals surface area contributed by atoms with Gasteiger partial charge in [-0.15, -0.1) is 0 Å². The molecule has 0 fully saturated rings. The van der Waals surface area contributed by atoms with Gasteiger partial charge in [-0.2, -0.15) is 4.39 Å². The van der Waals surface area contributed by atoms with Gasteiger partial charge in [-0.3, -0.25) is 0 Å². The summed E-state index contributed by atoms with van der Waals surface area (Å²) in [4.78, 5) is 0. The molecule has 0 aliphatic heterocycles. The molecule has 3 rings (SSSR count). The minimum absolute atomic E-state index is 0.0133. The summed E-state index contributed by atoms with van der Waals surface area (Å²) in [5.41, 5.74) is 0.329. The Kier molecular flexibility index (Phi) is 6.62. The topological polar surface area (TPSA) is 38.7 Å². The fraction of sp³-hybridized carbons (Fsp3) is 0.217. The van der Waals surface area contributed by atoms with Gasteiger partial charge < -0.3 is 14.6 Å². The van der Waals surface area contributed by atoms with E-state index in [1.165, 1.54) is 55.5 Å². The molecule has 0 saturated heterocycles. The van der Waals surface area contributed by atoms with Crippen LogP contribution >= 0.6 is 0 Å². The number of aliphatic hydroxyl groups excluding tert-OH is 1. The van der Waals surface area contributed by atoms with Crippen LogP contribution in [0.5, 0.6) is 11.5 Å². The number of aliphatic hydroxyl groups is 1. The van der Waals surface area contributed by atoms with Crippen LogP contribution in [0.2, 0.25) is 0 Å². The molecule has 3 aromatic carbocycles. The SMILES string of the molecule is CCOc1ccc(-c2ccc(OCc3ccc(C(C)O)c(F)c3F)cc2)c(F)c1F. The van der Waals surface area contributed by atoms with Crippen LogP contribution in [-0.2, 0) is 6.61 Å². The van der Waals surface area contributed by atoms with Crippen molar-refractivity contribution in [1.29, 1.82) is 0 Å². The highest BCUT2D eigenvalue weighted by Gasteiger charge is 2.17. The van der Waals surface area contributed by atoms with E-state index in [0.717, 1.165) is 0 Å². The van der Waals surface area contributed by atoms with Gasteiger partial charge in [-0.1, -0.05) is 24.3 Å². The lowest BCUT2D eigenvalue weighted by atomic mass is 10.0. The number of benzene rings is 3. The summed E-state index contributed by atoms with van der Waals surface area (Å²) >= 11 is 0. The Morgan fingerprint density at radius 3 is 2.13 bits per heavy atom. The maximum Gasteiger partial charge on any atom is 0.201 e. The molecule has 1 atom stereocenters. The highest BCUT2D eigenvalue weighted by atomic mass is 19.2. The lowest BCUT2D eigenvalue weighted by Crippen LogP contribution is -2.05. The first kappa shape index (κ1) is 21.6. The van der Waals surface area contributed by atoms with Crippen molar-refractivity contribution >= 4 is 0 Å². The molecule has 0 bridgehead atoms. The zero-order valence-electron chi connectivity index (χ0n) is 16.4. The fourth-order valence-electron chi connectivity index (χ4n) is 2.95. The highest BCUT2D eigenvalue weighted by molar-refractivity contribution is 5.66. The molecule has 1 unspecified atom stereocenters. The normalized spacial score (nSPS) is 12.0. The molecule has 0 radical (unpaired) electrons. The maximum atomic E-state index is 14.3. The van der Waals surface area contributed by atoms with E-state index in [0.29, 0.717) is 11.3 Å². The molecule has 0 aromatic heterocycles. The average molecular weight is 420 g/mol. The number of ether oxygens (including phenoxy) is 2. The molecule has 0 aliphatic rings. The van der Waals surface area contributed by atoms with E-state index >= 15 is 0 Å². The molecule has 0 saturated carbocycles. The van der Waals surface area contributed by atoms with Gasteiger partial charge in [0.15, 0.2) is 23.2 Å². The molecule has 0 aliphatic carbocycles. The second kappa shape index (κ2) is 9.17. The van der Waals surface area contributed by atoms with E-state index in [9.17, 15) is 22.7 Å². The van der Waals surface area contributed by atoms with Crippen molar-refractivity contribution in [2.75, 3.05) is 6.61 Å². The van der Waals surface area contributed by atoms with Crippen molar-refractivity contribution in [3.05, 3.63) is 82.9 Å². The van der Waals surface area contributed by atoms with E-state index < -0.39 is 29.4 Å². The van der Waals surface area contributed by atoms with Crippen molar-refractivity contribution in [2.45, 2.75) is 26.6 Å². The molecule has 30 heavy (non-hydrogen) atoms. The van der Waals surface area contributed by atoms with Gasteiger partial charge in [0, 0.05) is 16.7 Å². The predicted molar refractivity (Wildman–Crippen MR) is 104 cm³/mol. The molecule has 0 spiro atoms. The first-order valence-electron chi connectivity index (χ1n) is 9.32. The second-order valence-corrected chi connectivity index (χ2v) is 6.60. The molecular weight excluding hydrogens is 400 g/mol. The summed E-state index contributed by atoms with van der Waals surface area (Å²) in [5.74, 6) is -4.11. The third-order valence-corrected chi connectivity index (χ3v) is 4.55. The van der Waals surface area contributed by atoms with Crippen LogP contribution in [0.15, 0.2) is 48.5 Å². The molecule has 3 nitrogen and oxygen atoms in total. The lowest BCUT2D eigenvalue weighted by Gasteiger charge is -2.12. The molecule has 0 heterocycles. The summed E-state index contributed by atoms with van der Waals surface area (Å²) < 4.78 is 67.0. The summed E-state index contributed by atoms with van der Waals surface area (Å²) in [6, 6.07) is 11.5. The molecular formula is C23H20F4O3. The van der Waals surface area contributed by atoms with Gasteiger partial charge in [-0.05, 0) is 43.7 Å². The van der Waals surface area contributed by atoms with Crippen LogP contribution in [0, 0.1) is 23.3 Å². The smallest absolute Gasteiger partial charge is 0.201 e. The molecule has 3 aromatic rings. The summed E-state index contributed by atoms with van der Waals surface area (Å²) in [7, 11) is 0. The predicted octanol–water partition coefficient (Wildman–Crippen LogP) is 5.94. The second-order valence-electron chi connectivity index (χ2n) is 6.60. The number of rotatable bonds is 7. The van der Waals surface area contributed by atoms with Crippen LogP contribution in [-0.4, -0.2) is 11.7 Å². The molecule has 1 N–H and O–H groups in total. The fourth-order valence-corrected chi connectivity index (χ4v) is 2.95. The summed E-state index contributed by atoms with van der Waals surface area (Å²) in [6.45, 7) is 2.99. The van der Waals surface area contributed by atoms with E-state index in [2.05, 4.69) is 0 Å². The quantitative estimate of drug-likeness (QED) is 0.481. The minimum Gasteiger partial charge on any atom is -0.491 e. The van der Waals surface area contributed by atoms with E-state index in [1.54, 1.807) is 6.92 Å². The lowest BCUT2D eigenvalue weighted by molar-refractivity contribution is 0.192. The zero-order valence-corrected chi connectivity index (χ0v) is 16.4. The van der Waals surface area contributed by atoms with Gasteiger partial charge in [-0.25, -0.2) is 13.2 Å². The minimum atomic E-state index is -1.13. The first-order chi connectivity index (χ1) is 14.3. The largest absolute Gasteiger partial charge is 0.491 e. The number of halogens is 4. The van der Waals surface area contributed by atoms with Gasteiger partial charge in [0.1, 0.15) is 12.4 Å². The number of hydrogen-bond acceptors (Lipinski definition) is 3. The standard InChI is InChI=1S/C23H20F4O3/c1-3-29-19-11-10-18(22(26)23(19)27)14-4-7-16(8-5-14)30-12-15-6-9-17(13(2)28)21(25)20(15)24/h4-11,13,28H,3,12H2,1-2H3. The van der Waals surface area contributed by atoms with Crippen molar-refractivity contribution in [1.82, 2.24) is 0 Å². The third kappa shape index (κ3) is 4.41. The van der Waals surface area contributed by atoms with Gasteiger partial charge in [0.25, 0.3) is 0 Å². The molecule has 0 amide bonds. The van der Waals surface area contributed by atoms with Crippen LogP contribution < -0.4 is 9.47 Å². The van der Waals surface area contributed by atoms with Crippen LogP contribution in [0.4, 0.5) is 17.6 Å².